The quantitative estimate of drug-likeness (QED) is 0.689. The number of carbonyl (C=O) groups excluding carboxylic acids is 2. The summed E-state index contributed by atoms with van der Waals surface area (Å²) in [4.78, 5) is 31.7. The van der Waals surface area contributed by atoms with E-state index in [9.17, 15) is 9.59 Å². The van der Waals surface area contributed by atoms with E-state index in [2.05, 4.69) is 4.98 Å². The van der Waals surface area contributed by atoms with E-state index >= 15 is 0 Å². The molecule has 4 saturated carbocycles. The third-order valence-corrected chi connectivity index (χ3v) is 6.77. The monoisotopic (exact) mass is 370 g/mol. The molecule has 1 heterocycles. The Balaban J connectivity index is 1.52. The number of nitrogens with zero attached hydrogens (tertiary/aromatic N) is 2. The maximum absolute atomic E-state index is 13.7. The molecule has 1 aromatic rings. The lowest BCUT2D eigenvalue weighted by molar-refractivity contribution is -0.159. The van der Waals surface area contributed by atoms with Crippen molar-refractivity contribution in [1.29, 1.82) is 0 Å². The predicted octanol–water partition coefficient (Wildman–Crippen LogP) is 3.58. The van der Waals surface area contributed by atoms with E-state index in [0.717, 1.165) is 42.6 Å². The number of hydrogen-bond donors (Lipinski definition) is 0. The van der Waals surface area contributed by atoms with Crippen molar-refractivity contribution in [2.24, 2.45) is 23.2 Å². The van der Waals surface area contributed by atoms with Crippen LogP contribution in [0.5, 0.6) is 0 Å². The van der Waals surface area contributed by atoms with Crippen molar-refractivity contribution in [3.8, 4) is 0 Å². The van der Waals surface area contributed by atoms with Gasteiger partial charge in [-0.05, 0) is 74.8 Å². The summed E-state index contributed by atoms with van der Waals surface area (Å²) in [6.45, 7) is 3.14. The molecule has 5 nitrogen and oxygen atoms in total. The molecule has 0 saturated heterocycles. The van der Waals surface area contributed by atoms with Gasteiger partial charge >= 0.3 is 5.97 Å². The summed E-state index contributed by atoms with van der Waals surface area (Å²) in [7, 11) is 0. The van der Waals surface area contributed by atoms with Crippen LogP contribution in [0.15, 0.2) is 24.5 Å². The van der Waals surface area contributed by atoms with Crippen molar-refractivity contribution in [1.82, 2.24) is 9.88 Å². The van der Waals surface area contributed by atoms with Crippen LogP contribution in [0, 0.1) is 23.2 Å². The number of aromatic nitrogens is 1. The highest BCUT2D eigenvalue weighted by Crippen LogP contribution is 2.60. The second-order valence-electron chi connectivity index (χ2n) is 8.84. The molecule has 4 aliphatic carbocycles. The molecule has 0 atom stereocenters. The van der Waals surface area contributed by atoms with Crippen LogP contribution in [-0.4, -0.2) is 34.9 Å². The van der Waals surface area contributed by atoms with Gasteiger partial charge in [0.2, 0.25) is 5.91 Å². The van der Waals surface area contributed by atoms with Crippen molar-refractivity contribution in [3.05, 3.63) is 30.1 Å². The molecule has 0 unspecified atom stereocenters. The van der Waals surface area contributed by atoms with Gasteiger partial charge in [0.05, 0.1) is 18.4 Å². The molecule has 4 bridgehead atoms. The number of esters is 1. The predicted molar refractivity (Wildman–Crippen MR) is 102 cm³/mol. The largest absolute Gasteiger partial charge is 0.466 e. The normalized spacial score (nSPS) is 30.9. The highest BCUT2D eigenvalue weighted by atomic mass is 16.5. The van der Waals surface area contributed by atoms with Gasteiger partial charge in [-0.1, -0.05) is 6.07 Å². The SMILES string of the molecule is CCOC(=O)CCN(Cc1cccnc1)C(=O)C12CC3CC(CC(C3)C1)C2. The van der Waals surface area contributed by atoms with Crippen LogP contribution < -0.4 is 0 Å². The first-order valence-corrected chi connectivity index (χ1v) is 10.4. The van der Waals surface area contributed by atoms with E-state index in [1.807, 2.05) is 30.2 Å². The number of rotatable bonds is 7. The number of carbonyl (C=O) groups is 2. The maximum atomic E-state index is 13.7. The molecule has 4 fully saturated rings. The topological polar surface area (TPSA) is 59.5 Å². The summed E-state index contributed by atoms with van der Waals surface area (Å²) in [5.41, 5.74) is 0.824. The standard InChI is InChI=1S/C22H30N2O3/c1-2-27-20(25)5-7-24(15-16-4-3-6-23-14-16)21(26)22-11-17-8-18(12-22)10-19(9-17)13-22/h3-4,6,14,17-19H,2,5,7-13,15H2,1H3. The Bertz CT molecular complexity index is 653. The van der Waals surface area contributed by atoms with Crippen molar-refractivity contribution in [3.63, 3.8) is 0 Å². The zero-order chi connectivity index (χ0) is 18.9. The van der Waals surface area contributed by atoms with E-state index in [1.165, 1.54) is 19.3 Å². The summed E-state index contributed by atoms with van der Waals surface area (Å²) in [6.07, 6.45) is 10.9. The molecule has 1 amide bonds. The number of pyridine rings is 1. The Kier molecular flexibility index (Phi) is 5.20. The van der Waals surface area contributed by atoms with Crippen molar-refractivity contribution in [2.75, 3.05) is 13.2 Å². The number of ether oxygens (including phenoxy) is 1. The van der Waals surface area contributed by atoms with Crippen molar-refractivity contribution < 1.29 is 14.3 Å². The van der Waals surface area contributed by atoms with E-state index in [1.54, 1.807) is 6.20 Å². The lowest BCUT2D eigenvalue weighted by atomic mass is 9.49. The van der Waals surface area contributed by atoms with Crippen molar-refractivity contribution in [2.45, 2.75) is 58.4 Å². The average Bonchev–Trinajstić information content (AvgIpc) is 2.64. The van der Waals surface area contributed by atoms with E-state index < -0.39 is 0 Å². The first kappa shape index (κ1) is 18.5. The fraction of sp³-hybridized carbons (Fsp3) is 0.682. The molecular formula is C22H30N2O3. The Morgan fingerprint density at radius 1 is 1.19 bits per heavy atom. The Morgan fingerprint density at radius 3 is 2.41 bits per heavy atom. The summed E-state index contributed by atoms with van der Waals surface area (Å²) in [5, 5.41) is 0. The lowest BCUT2D eigenvalue weighted by Gasteiger charge is -2.56. The third kappa shape index (κ3) is 3.87. The van der Waals surface area contributed by atoms with Crippen LogP contribution in [0.2, 0.25) is 0 Å². The first-order valence-electron chi connectivity index (χ1n) is 10.4. The van der Waals surface area contributed by atoms with Crippen LogP contribution in [0.25, 0.3) is 0 Å². The number of amides is 1. The molecule has 0 aromatic carbocycles. The molecule has 0 spiro atoms. The molecule has 0 radical (unpaired) electrons. The van der Waals surface area contributed by atoms with Gasteiger partial charge in [0.25, 0.3) is 0 Å². The highest BCUT2D eigenvalue weighted by Gasteiger charge is 2.55. The second-order valence-corrected chi connectivity index (χ2v) is 8.84. The summed E-state index contributed by atoms with van der Waals surface area (Å²) < 4.78 is 5.08. The van der Waals surface area contributed by atoms with Gasteiger partial charge in [-0.3, -0.25) is 14.6 Å². The third-order valence-electron chi connectivity index (χ3n) is 6.77. The zero-order valence-corrected chi connectivity index (χ0v) is 16.2. The minimum absolute atomic E-state index is 0.189. The molecule has 0 N–H and O–H groups in total. The zero-order valence-electron chi connectivity index (χ0n) is 16.2. The van der Waals surface area contributed by atoms with Gasteiger partial charge in [-0.25, -0.2) is 0 Å². The molecule has 0 aliphatic heterocycles. The van der Waals surface area contributed by atoms with E-state index in [4.69, 9.17) is 4.74 Å². The van der Waals surface area contributed by atoms with Crippen LogP contribution >= 0.6 is 0 Å². The lowest BCUT2D eigenvalue weighted by Crippen LogP contribution is -2.54. The van der Waals surface area contributed by atoms with E-state index in [0.29, 0.717) is 19.7 Å². The minimum atomic E-state index is -0.230. The van der Waals surface area contributed by atoms with Gasteiger partial charge in [0.1, 0.15) is 0 Å². The van der Waals surface area contributed by atoms with Gasteiger partial charge in [0, 0.05) is 25.5 Å². The molecular weight excluding hydrogens is 340 g/mol. The summed E-state index contributed by atoms with van der Waals surface area (Å²) in [5.74, 6) is 2.21. The second kappa shape index (κ2) is 7.61. The first-order chi connectivity index (χ1) is 13.1. The molecule has 1 aromatic heterocycles. The molecule has 5 rings (SSSR count). The van der Waals surface area contributed by atoms with Gasteiger partial charge in [-0.2, -0.15) is 0 Å². The Hall–Kier alpha value is -1.91. The van der Waals surface area contributed by atoms with Gasteiger partial charge in [-0.15, -0.1) is 0 Å². The fourth-order valence-electron chi connectivity index (χ4n) is 6.13. The Labute approximate surface area is 161 Å². The van der Waals surface area contributed by atoms with Crippen LogP contribution in [0.3, 0.4) is 0 Å². The Morgan fingerprint density at radius 2 is 1.85 bits per heavy atom. The van der Waals surface area contributed by atoms with Gasteiger partial charge < -0.3 is 9.64 Å². The minimum Gasteiger partial charge on any atom is -0.466 e. The van der Waals surface area contributed by atoms with Crippen molar-refractivity contribution >= 4 is 11.9 Å². The average molecular weight is 370 g/mol. The van der Waals surface area contributed by atoms with Crippen LogP contribution in [0.4, 0.5) is 0 Å². The molecule has 4 aliphatic rings. The molecule has 146 valence electrons. The molecule has 5 heteroatoms. The smallest absolute Gasteiger partial charge is 0.307 e. The van der Waals surface area contributed by atoms with Crippen LogP contribution in [0.1, 0.15) is 57.4 Å². The summed E-state index contributed by atoms with van der Waals surface area (Å²) in [6, 6.07) is 3.89. The van der Waals surface area contributed by atoms with E-state index in [-0.39, 0.29) is 23.7 Å². The van der Waals surface area contributed by atoms with Gasteiger partial charge in [0.15, 0.2) is 0 Å². The maximum Gasteiger partial charge on any atom is 0.307 e. The summed E-state index contributed by atoms with van der Waals surface area (Å²) >= 11 is 0. The van der Waals surface area contributed by atoms with Crippen LogP contribution in [-0.2, 0) is 20.9 Å². The highest BCUT2D eigenvalue weighted by molar-refractivity contribution is 5.84. The fourth-order valence-corrected chi connectivity index (χ4v) is 6.13. The number of hydrogen-bond acceptors (Lipinski definition) is 4. The molecule has 27 heavy (non-hydrogen) atoms.